The van der Waals surface area contributed by atoms with Gasteiger partial charge in [0.15, 0.2) is 5.65 Å². The summed E-state index contributed by atoms with van der Waals surface area (Å²) >= 11 is 7.01. The number of H-pyrrole nitrogens is 1. The molecule has 0 radical (unpaired) electrons. The minimum Gasteiger partial charge on any atom is -0.383 e. The van der Waals surface area contributed by atoms with Gasteiger partial charge in [-0.15, -0.1) is 0 Å². The zero-order valence-corrected chi connectivity index (χ0v) is 19.5. The highest BCUT2D eigenvalue weighted by Crippen LogP contribution is 2.38. The molecule has 0 saturated heterocycles. The molecule has 0 aliphatic carbocycles. The van der Waals surface area contributed by atoms with E-state index >= 15 is 0 Å². The van der Waals surface area contributed by atoms with Gasteiger partial charge in [0.1, 0.15) is 17.8 Å². The summed E-state index contributed by atoms with van der Waals surface area (Å²) in [6.07, 6.45) is 4.97. The lowest BCUT2D eigenvalue weighted by Crippen LogP contribution is -2.08. The summed E-state index contributed by atoms with van der Waals surface area (Å²) < 4.78 is 4.11. The number of nitrogens with one attached hydrogen (secondary N) is 1. The molecule has 0 bridgehead atoms. The largest absolute Gasteiger partial charge is 0.383 e. The van der Waals surface area contributed by atoms with E-state index in [4.69, 9.17) is 22.4 Å². The molecule has 170 valence electrons. The van der Waals surface area contributed by atoms with Crippen LogP contribution in [0.15, 0.2) is 67.3 Å². The van der Waals surface area contributed by atoms with Crippen molar-refractivity contribution in [3.8, 4) is 11.3 Å². The predicted molar refractivity (Wildman–Crippen MR) is 139 cm³/mol. The van der Waals surface area contributed by atoms with Crippen molar-refractivity contribution in [3.05, 3.63) is 83.5 Å². The van der Waals surface area contributed by atoms with Crippen LogP contribution in [0.25, 0.3) is 49.5 Å². The second kappa shape index (κ2) is 7.28. The van der Waals surface area contributed by atoms with E-state index in [0.717, 1.165) is 43.5 Å². The van der Waals surface area contributed by atoms with Crippen LogP contribution in [0.1, 0.15) is 11.3 Å². The van der Waals surface area contributed by atoms with E-state index in [9.17, 15) is 0 Å². The van der Waals surface area contributed by atoms with Crippen molar-refractivity contribution >= 4 is 55.6 Å². The van der Waals surface area contributed by atoms with Crippen LogP contribution < -0.4 is 5.73 Å². The zero-order chi connectivity index (χ0) is 23.7. The normalized spacial score (nSPS) is 11.9. The Balaban J connectivity index is 1.56. The summed E-state index contributed by atoms with van der Waals surface area (Å²) in [5.74, 6) is 0.381. The van der Waals surface area contributed by atoms with Gasteiger partial charge in [0.25, 0.3) is 0 Å². The van der Waals surface area contributed by atoms with Crippen molar-refractivity contribution in [2.45, 2.75) is 13.5 Å². The summed E-state index contributed by atoms with van der Waals surface area (Å²) in [7, 11) is 0. The summed E-state index contributed by atoms with van der Waals surface area (Å²) in [4.78, 5) is 8.74. The summed E-state index contributed by atoms with van der Waals surface area (Å²) in [6.45, 7) is 2.58. The summed E-state index contributed by atoms with van der Waals surface area (Å²) in [5, 5.41) is 16.6. The minimum absolute atomic E-state index is 0.381. The Labute approximate surface area is 204 Å². The van der Waals surface area contributed by atoms with Crippen LogP contribution in [0.3, 0.4) is 0 Å². The van der Waals surface area contributed by atoms with Crippen LogP contribution in [0, 0.1) is 6.92 Å². The molecule has 0 atom stereocenters. The Bertz CT molecular complexity index is 1910. The number of aromatic amines is 1. The van der Waals surface area contributed by atoms with Crippen LogP contribution in [-0.4, -0.2) is 34.3 Å². The lowest BCUT2D eigenvalue weighted by atomic mass is 10.0. The predicted octanol–water partition coefficient (Wildman–Crippen LogP) is 5.37. The third-order valence-corrected chi connectivity index (χ3v) is 6.99. The molecule has 35 heavy (non-hydrogen) atoms. The number of aromatic nitrogens is 7. The molecule has 0 amide bonds. The average molecular weight is 479 g/mol. The van der Waals surface area contributed by atoms with E-state index in [-0.39, 0.29) is 0 Å². The maximum Gasteiger partial charge on any atom is 0.164 e. The zero-order valence-electron chi connectivity index (χ0n) is 18.7. The Morgan fingerprint density at radius 1 is 1.06 bits per heavy atom. The lowest BCUT2D eigenvalue weighted by molar-refractivity contribution is 0.688. The van der Waals surface area contributed by atoms with Gasteiger partial charge < -0.3 is 10.1 Å². The van der Waals surface area contributed by atoms with E-state index in [1.807, 2.05) is 16.8 Å². The Morgan fingerprint density at radius 2 is 1.94 bits per heavy atom. The fourth-order valence-electron chi connectivity index (χ4n) is 5.09. The number of nitrogens with zero attached hydrogens (tertiary/aromatic N) is 6. The van der Waals surface area contributed by atoms with Gasteiger partial charge >= 0.3 is 0 Å². The first-order chi connectivity index (χ1) is 17.1. The molecule has 7 aromatic rings. The lowest BCUT2D eigenvalue weighted by Gasteiger charge is -2.13. The maximum absolute atomic E-state index is 7.01. The van der Waals surface area contributed by atoms with Crippen molar-refractivity contribution in [2.75, 3.05) is 5.73 Å². The highest BCUT2D eigenvalue weighted by molar-refractivity contribution is 6.41. The summed E-state index contributed by atoms with van der Waals surface area (Å²) in [6, 6.07) is 16.7. The van der Waals surface area contributed by atoms with Crippen molar-refractivity contribution in [3.63, 3.8) is 0 Å². The molecule has 0 spiro atoms. The number of halogens is 1. The van der Waals surface area contributed by atoms with Gasteiger partial charge in [-0.05, 0) is 30.0 Å². The van der Waals surface area contributed by atoms with E-state index in [1.54, 1.807) is 12.4 Å². The van der Waals surface area contributed by atoms with E-state index in [1.165, 1.54) is 11.9 Å². The monoisotopic (exact) mass is 478 g/mol. The number of rotatable bonds is 3. The topological polar surface area (TPSA) is 103 Å². The first-order valence-electron chi connectivity index (χ1n) is 11.2. The number of hydrogen-bond donors (Lipinski definition) is 2. The van der Waals surface area contributed by atoms with Crippen molar-refractivity contribution in [2.24, 2.45) is 0 Å². The maximum atomic E-state index is 7.01. The Kier molecular flexibility index (Phi) is 4.16. The summed E-state index contributed by atoms with van der Waals surface area (Å²) in [5.41, 5.74) is 12.7. The molecule has 8 nitrogen and oxygen atoms in total. The number of pyridine rings is 1. The molecule has 3 N–H and O–H groups in total. The highest BCUT2D eigenvalue weighted by Gasteiger charge is 2.21. The number of benzene rings is 2. The fraction of sp³-hybridized carbons (Fsp3) is 0.0769. The Morgan fingerprint density at radius 3 is 2.80 bits per heavy atom. The van der Waals surface area contributed by atoms with Gasteiger partial charge in [0.05, 0.1) is 34.2 Å². The molecule has 2 aromatic carbocycles. The van der Waals surface area contributed by atoms with E-state index in [2.05, 4.69) is 67.9 Å². The molecule has 0 aliphatic rings. The third-order valence-electron chi connectivity index (χ3n) is 6.61. The van der Waals surface area contributed by atoms with E-state index < -0.39 is 0 Å². The highest BCUT2D eigenvalue weighted by atomic mass is 35.5. The standard InChI is InChI=1S/C26H19ClN8/c1-14-5-4-6-15-9-17(35-19-8-3-2-7-18(19)22(27)24(35)20(14)15)12-34-26-21(25(28)29-13-30-26)23(33-34)16-10-31-32-11-16/h2-11,13H,12H2,1H3,(H,31,32)(H2,28,29,30). The van der Waals surface area contributed by atoms with Crippen LogP contribution in [0.2, 0.25) is 5.02 Å². The van der Waals surface area contributed by atoms with Crippen molar-refractivity contribution in [1.29, 1.82) is 0 Å². The van der Waals surface area contributed by atoms with Gasteiger partial charge in [-0.2, -0.15) is 10.2 Å². The second-order valence-electron chi connectivity index (χ2n) is 8.64. The third kappa shape index (κ3) is 2.80. The second-order valence-corrected chi connectivity index (χ2v) is 9.02. The molecule has 9 heteroatoms. The molecule has 7 rings (SSSR count). The van der Waals surface area contributed by atoms with Gasteiger partial charge in [-0.3, -0.25) is 5.10 Å². The fourth-order valence-corrected chi connectivity index (χ4v) is 5.43. The molecule has 5 aromatic heterocycles. The molecule has 0 unspecified atom stereocenters. The molecular weight excluding hydrogens is 460 g/mol. The molecule has 0 saturated carbocycles. The number of anilines is 1. The quantitative estimate of drug-likeness (QED) is 0.355. The van der Waals surface area contributed by atoms with Gasteiger partial charge in [0, 0.05) is 28.2 Å². The van der Waals surface area contributed by atoms with Gasteiger partial charge in [-0.25, -0.2) is 14.6 Å². The molecule has 0 fully saturated rings. The SMILES string of the molecule is Cc1cccc2cc(Cn3nc(-c4cn[nH]c4)c4c(N)ncnc43)n3c4ccccc4c(Cl)c3c12. The molecule has 0 aliphatic heterocycles. The number of aryl methyl sites for hydroxylation is 1. The Hall–Kier alpha value is -4.43. The number of fused-ring (bicyclic) bond motifs is 6. The van der Waals surface area contributed by atoms with Gasteiger partial charge in [-0.1, -0.05) is 48.0 Å². The van der Waals surface area contributed by atoms with E-state index in [0.29, 0.717) is 29.1 Å². The number of hydrogen-bond acceptors (Lipinski definition) is 5. The first kappa shape index (κ1) is 20.0. The molecule has 5 heterocycles. The van der Waals surface area contributed by atoms with Crippen molar-refractivity contribution < 1.29 is 0 Å². The molecular formula is C26H19ClN8. The number of nitrogens with two attached hydrogens (primary N) is 1. The van der Waals surface area contributed by atoms with Gasteiger partial charge in [0.2, 0.25) is 0 Å². The van der Waals surface area contributed by atoms with Crippen LogP contribution in [0.5, 0.6) is 0 Å². The van der Waals surface area contributed by atoms with Crippen LogP contribution >= 0.6 is 11.6 Å². The first-order valence-corrected chi connectivity index (χ1v) is 11.6. The average Bonchev–Trinajstić information content (AvgIpc) is 3.58. The smallest absolute Gasteiger partial charge is 0.164 e. The number of nitrogen functional groups attached to an aromatic ring is 1. The van der Waals surface area contributed by atoms with Crippen LogP contribution in [-0.2, 0) is 6.54 Å². The van der Waals surface area contributed by atoms with Crippen molar-refractivity contribution in [1.82, 2.24) is 34.3 Å². The minimum atomic E-state index is 0.381. The number of para-hydroxylation sites is 1. The van der Waals surface area contributed by atoms with Crippen LogP contribution in [0.4, 0.5) is 5.82 Å².